The first kappa shape index (κ1) is 22.1. The van der Waals surface area contributed by atoms with Gasteiger partial charge in [-0.3, -0.25) is 14.4 Å². The van der Waals surface area contributed by atoms with Gasteiger partial charge < -0.3 is 16.4 Å². The Kier molecular flexibility index (Phi) is 7.79. The fraction of sp³-hybridized carbons (Fsp3) is 0.333. The van der Waals surface area contributed by atoms with E-state index in [1.165, 1.54) is 23.5 Å². The van der Waals surface area contributed by atoms with E-state index in [0.717, 1.165) is 0 Å². The molecule has 0 saturated heterocycles. The maximum atomic E-state index is 12.7. The highest BCUT2D eigenvalue weighted by Crippen LogP contribution is 2.22. The van der Waals surface area contributed by atoms with E-state index >= 15 is 0 Å². The first-order valence-electron chi connectivity index (χ1n) is 8.45. The minimum absolute atomic E-state index is 0.00635. The second-order valence-electron chi connectivity index (χ2n) is 6.56. The molecule has 0 fully saturated rings. The Morgan fingerprint density at radius 2 is 1.96 bits per heavy atom. The molecule has 0 spiro atoms. The molecule has 1 heterocycles. The number of hydrogen-bond donors (Lipinski definition) is 3. The van der Waals surface area contributed by atoms with Gasteiger partial charge in [0.25, 0.3) is 5.91 Å². The molecule has 4 N–H and O–H groups in total. The lowest BCUT2D eigenvalue weighted by molar-refractivity contribution is -0.118. The van der Waals surface area contributed by atoms with Crippen LogP contribution < -0.4 is 16.4 Å². The van der Waals surface area contributed by atoms with Gasteiger partial charge in [0.05, 0.1) is 22.7 Å². The smallest absolute Gasteiger partial charge is 0.253 e. The maximum absolute atomic E-state index is 12.7. The van der Waals surface area contributed by atoms with Crippen LogP contribution in [0.2, 0.25) is 10.0 Å². The zero-order valence-corrected chi connectivity index (χ0v) is 17.6. The number of halogens is 2. The van der Waals surface area contributed by atoms with Crippen molar-refractivity contribution < 1.29 is 14.4 Å². The van der Waals surface area contributed by atoms with Crippen molar-refractivity contribution in [3.63, 3.8) is 0 Å². The minimum atomic E-state index is -0.789. The first-order valence-corrected chi connectivity index (χ1v) is 10.1. The van der Waals surface area contributed by atoms with Gasteiger partial charge in [0, 0.05) is 10.4 Å². The number of hydrogen-bond acceptors (Lipinski definition) is 5. The highest BCUT2D eigenvalue weighted by atomic mass is 35.5. The molecule has 0 bridgehead atoms. The van der Waals surface area contributed by atoms with Crippen LogP contribution in [-0.2, 0) is 16.0 Å². The Bertz CT molecular complexity index is 885. The largest absolute Gasteiger partial charge is 0.369 e. The number of rotatable bonds is 8. The van der Waals surface area contributed by atoms with Crippen LogP contribution in [0.1, 0.15) is 36.3 Å². The molecule has 2 rings (SSSR count). The number of nitrogens with zero attached hydrogens (tertiary/aromatic N) is 1. The first-order chi connectivity index (χ1) is 13.2. The molecule has 1 aromatic heterocycles. The predicted octanol–water partition coefficient (Wildman–Crippen LogP) is 3.26. The standard InChI is InChI=1S/C18H20Cl2N4O3S/c1-9(2)5-14(23-16(26)12-4-3-10(19)6-13(12)20)17(27)24-18-22-11(8-28-18)7-15(21)25/h3-4,6,8-9,14H,5,7H2,1-2H3,(H2,21,25)(H,23,26)(H,22,24,27). The van der Waals surface area contributed by atoms with Crippen LogP contribution in [0.25, 0.3) is 0 Å². The lowest BCUT2D eigenvalue weighted by atomic mass is 10.0. The maximum Gasteiger partial charge on any atom is 0.253 e. The second-order valence-corrected chi connectivity index (χ2v) is 8.26. The van der Waals surface area contributed by atoms with Gasteiger partial charge in [-0.2, -0.15) is 0 Å². The molecule has 0 saturated carbocycles. The molecule has 10 heteroatoms. The molecule has 0 radical (unpaired) electrons. The average molecular weight is 443 g/mol. The zero-order chi connectivity index (χ0) is 20.8. The monoisotopic (exact) mass is 442 g/mol. The van der Waals surface area contributed by atoms with Gasteiger partial charge in [-0.1, -0.05) is 37.0 Å². The van der Waals surface area contributed by atoms with Crippen molar-refractivity contribution >= 4 is 57.4 Å². The number of carbonyl (C=O) groups excluding carboxylic acids is 3. The number of thiazole rings is 1. The molecule has 0 aliphatic heterocycles. The highest BCUT2D eigenvalue weighted by Gasteiger charge is 2.24. The fourth-order valence-electron chi connectivity index (χ4n) is 2.43. The van der Waals surface area contributed by atoms with Crippen LogP contribution >= 0.6 is 34.5 Å². The summed E-state index contributed by atoms with van der Waals surface area (Å²) in [5, 5.41) is 7.96. The summed E-state index contributed by atoms with van der Waals surface area (Å²) in [5.74, 6) is -1.24. The third-order valence-corrected chi connectivity index (χ3v) is 5.00. The van der Waals surface area contributed by atoms with Gasteiger partial charge >= 0.3 is 0 Å². The minimum Gasteiger partial charge on any atom is -0.369 e. The normalized spacial score (nSPS) is 11.9. The second kappa shape index (κ2) is 9.86. The Morgan fingerprint density at radius 3 is 2.57 bits per heavy atom. The molecule has 1 unspecified atom stereocenters. The molecule has 2 aromatic rings. The average Bonchev–Trinajstić information content (AvgIpc) is 2.99. The number of nitrogens with one attached hydrogen (secondary N) is 2. The van der Waals surface area contributed by atoms with Crippen LogP contribution in [0.3, 0.4) is 0 Å². The predicted molar refractivity (Wildman–Crippen MR) is 111 cm³/mol. The summed E-state index contributed by atoms with van der Waals surface area (Å²) in [6, 6.07) is 3.73. The number of nitrogens with two attached hydrogens (primary N) is 1. The van der Waals surface area contributed by atoms with Crippen molar-refractivity contribution in [1.82, 2.24) is 10.3 Å². The summed E-state index contributed by atoms with van der Waals surface area (Å²) < 4.78 is 0. The van der Waals surface area contributed by atoms with Crippen molar-refractivity contribution in [3.8, 4) is 0 Å². The van der Waals surface area contributed by atoms with Gasteiger partial charge in [0.2, 0.25) is 11.8 Å². The Hall–Kier alpha value is -2.16. The Balaban J connectivity index is 2.11. The molecular weight excluding hydrogens is 423 g/mol. The van der Waals surface area contributed by atoms with E-state index < -0.39 is 23.8 Å². The van der Waals surface area contributed by atoms with Gasteiger partial charge in [-0.15, -0.1) is 11.3 Å². The highest BCUT2D eigenvalue weighted by molar-refractivity contribution is 7.13. The third-order valence-electron chi connectivity index (χ3n) is 3.64. The van der Waals surface area contributed by atoms with Crippen molar-refractivity contribution in [1.29, 1.82) is 0 Å². The molecule has 0 aliphatic carbocycles. The van der Waals surface area contributed by atoms with E-state index in [4.69, 9.17) is 28.9 Å². The lowest BCUT2D eigenvalue weighted by Crippen LogP contribution is -2.44. The van der Waals surface area contributed by atoms with E-state index in [1.807, 2.05) is 13.8 Å². The fourth-order valence-corrected chi connectivity index (χ4v) is 3.64. The SMILES string of the molecule is CC(C)CC(NC(=O)c1ccc(Cl)cc1Cl)C(=O)Nc1nc(CC(N)=O)cs1. The van der Waals surface area contributed by atoms with Gasteiger partial charge in [0.1, 0.15) is 6.04 Å². The molecule has 1 atom stereocenters. The van der Waals surface area contributed by atoms with Crippen LogP contribution in [0.15, 0.2) is 23.6 Å². The quantitative estimate of drug-likeness (QED) is 0.581. The molecule has 1 aromatic carbocycles. The summed E-state index contributed by atoms with van der Waals surface area (Å²) >= 11 is 13.1. The van der Waals surface area contributed by atoms with Crippen molar-refractivity contribution in [3.05, 3.63) is 44.9 Å². The summed E-state index contributed by atoms with van der Waals surface area (Å²) in [6.45, 7) is 3.88. The summed E-state index contributed by atoms with van der Waals surface area (Å²) in [6.07, 6.45) is 0.413. The van der Waals surface area contributed by atoms with E-state index in [9.17, 15) is 14.4 Å². The molecular formula is C18H20Cl2N4O3S. The lowest BCUT2D eigenvalue weighted by Gasteiger charge is -2.20. The number of benzene rings is 1. The zero-order valence-electron chi connectivity index (χ0n) is 15.3. The molecule has 28 heavy (non-hydrogen) atoms. The molecule has 150 valence electrons. The summed E-state index contributed by atoms with van der Waals surface area (Å²) in [5.41, 5.74) is 5.85. The van der Waals surface area contributed by atoms with Crippen LogP contribution in [-0.4, -0.2) is 28.7 Å². The van der Waals surface area contributed by atoms with E-state index in [0.29, 0.717) is 22.3 Å². The van der Waals surface area contributed by atoms with E-state index in [2.05, 4.69) is 15.6 Å². The topological polar surface area (TPSA) is 114 Å². The number of amides is 3. The number of carbonyl (C=O) groups is 3. The number of primary amides is 1. The summed E-state index contributed by atoms with van der Waals surface area (Å²) in [4.78, 5) is 40.4. The molecule has 7 nitrogen and oxygen atoms in total. The van der Waals surface area contributed by atoms with Crippen molar-refractivity contribution in [2.45, 2.75) is 32.7 Å². The third kappa shape index (κ3) is 6.47. The van der Waals surface area contributed by atoms with Crippen LogP contribution in [0.5, 0.6) is 0 Å². The van der Waals surface area contributed by atoms with Crippen LogP contribution in [0.4, 0.5) is 5.13 Å². The summed E-state index contributed by atoms with van der Waals surface area (Å²) in [7, 11) is 0. The van der Waals surface area contributed by atoms with Gasteiger partial charge in [-0.05, 0) is 30.5 Å². The van der Waals surface area contributed by atoms with E-state index in [1.54, 1.807) is 11.4 Å². The number of anilines is 1. The Morgan fingerprint density at radius 1 is 1.25 bits per heavy atom. The van der Waals surface area contributed by atoms with Gasteiger partial charge in [-0.25, -0.2) is 4.98 Å². The number of aromatic nitrogens is 1. The van der Waals surface area contributed by atoms with Crippen LogP contribution in [0, 0.1) is 5.92 Å². The van der Waals surface area contributed by atoms with Crippen molar-refractivity contribution in [2.75, 3.05) is 5.32 Å². The van der Waals surface area contributed by atoms with Gasteiger partial charge in [0.15, 0.2) is 5.13 Å². The van der Waals surface area contributed by atoms with E-state index in [-0.39, 0.29) is 22.9 Å². The molecule has 0 aliphatic rings. The Labute approximate surface area is 176 Å². The molecule has 3 amide bonds. The van der Waals surface area contributed by atoms with Crippen molar-refractivity contribution in [2.24, 2.45) is 11.7 Å².